The topological polar surface area (TPSA) is 49.8 Å². The van der Waals surface area contributed by atoms with Crippen LogP contribution in [-0.2, 0) is 15.1 Å². The fraction of sp³-hybridized carbons (Fsp3) is 0.625. The molecule has 0 radical (unpaired) electrons. The van der Waals surface area contributed by atoms with Crippen LogP contribution in [0.4, 0.5) is 35.1 Å². The maximum absolute atomic E-state index is 14.1. The average molecular weight is 687 g/mol. The summed E-state index contributed by atoms with van der Waals surface area (Å²) in [5.74, 6) is -0.263. The Bertz CT molecular complexity index is 1110. The summed E-state index contributed by atoms with van der Waals surface area (Å²) in [6.45, 7) is 1.50. The van der Waals surface area contributed by atoms with E-state index in [4.69, 9.17) is 9.47 Å². The number of nitrogens with zero attached hydrogens (tertiary/aromatic N) is 1. The molecule has 0 aliphatic heterocycles. The van der Waals surface area contributed by atoms with Gasteiger partial charge < -0.3 is 18.9 Å². The minimum absolute atomic E-state index is 0.0181. The van der Waals surface area contributed by atoms with E-state index in [2.05, 4.69) is 30.4 Å². The van der Waals surface area contributed by atoms with Crippen LogP contribution < -0.4 is 9.47 Å². The predicted molar refractivity (Wildman–Crippen MR) is 138 cm³/mol. The average Bonchev–Trinajstić information content (AvgIpc) is 3.26. The highest BCUT2D eigenvalue weighted by Crippen LogP contribution is 2.54. The molecule has 0 spiro atoms. The molecule has 0 amide bonds. The number of hydrogen-bond donors (Lipinski definition) is 0. The number of ether oxygens (including phenoxy) is 4. The van der Waals surface area contributed by atoms with Crippen molar-refractivity contribution in [3.05, 3.63) is 39.8 Å². The first-order valence-corrected chi connectivity index (χ1v) is 17.6. The van der Waals surface area contributed by atoms with Gasteiger partial charge in [-0.2, -0.15) is 35.1 Å². The summed E-state index contributed by atoms with van der Waals surface area (Å²) in [7, 11) is -1.65. The third-order valence-corrected chi connectivity index (χ3v) is 10.2. The second-order valence-corrected chi connectivity index (χ2v) is 17.9. The van der Waals surface area contributed by atoms with Crippen LogP contribution in [0.15, 0.2) is 24.4 Å². The molecule has 2 aromatic rings. The van der Waals surface area contributed by atoms with E-state index in [0.29, 0.717) is 24.4 Å². The van der Waals surface area contributed by atoms with Crippen molar-refractivity contribution in [2.24, 2.45) is 0 Å². The Morgan fingerprint density at radius 3 is 2.23 bits per heavy atom. The van der Waals surface area contributed by atoms with E-state index in [-0.39, 0.29) is 40.4 Å². The van der Waals surface area contributed by atoms with Gasteiger partial charge in [0.1, 0.15) is 11.8 Å². The molecule has 40 heavy (non-hydrogen) atoms. The van der Waals surface area contributed by atoms with Crippen LogP contribution >= 0.6 is 27.3 Å². The van der Waals surface area contributed by atoms with Crippen LogP contribution in [0.2, 0.25) is 25.7 Å². The molecule has 1 aromatic heterocycles. The normalized spacial score (nSPS) is 16.2. The number of rotatable bonds is 13. The molecule has 1 atom stereocenters. The zero-order valence-corrected chi connectivity index (χ0v) is 25.1. The number of aromatic nitrogens is 1. The molecule has 5 nitrogen and oxygen atoms in total. The monoisotopic (exact) mass is 685 g/mol. The van der Waals surface area contributed by atoms with E-state index >= 15 is 0 Å². The molecule has 1 unspecified atom stereocenters. The van der Waals surface area contributed by atoms with Crippen molar-refractivity contribution in [2.75, 3.05) is 13.4 Å². The molecule has 0 bridgehead atoms. The van der Waals surface area contributed by atoms with Crippen LogP contribution in [0, 0.1) is 0 Å². The van der Waals surface area contributed by atoms with Gasteiger partial charge in [-0.15, -0.1) is 11.3 Å². The van der Waals surface area contributed by atoms with Crippen LogP contribution in [0.1, 0.15) is 39.5 Å². The Labute approximate surface area is 239 Å². The van der Waals surface area contributed by atoms with Crippen LogP contribution in [0.25, 0.3) is 0 Å². The molecular weight excluding hydrogens is 658 g/mol. The minimum atomic E-state index is -5.91. The van der Waals surface area contributed by atoms with Gasteiger partial charge in [-0.1, -0.05) is 41.6 Å². The summed E-state index contributed by atoms with van der Waals surface area (Å²) in [6, 6.07) is 4.40. The Hall–Kier alpha value is -1.49. The number of thiazole rings is 1. The number of hydrogen-bond acceptors (Lipinski definition) is 6. The molecular formula is C24H28BrF8NO4SSi. The highest BCUT2D eigenvalue weighted by atomic mass is 79.9. The molecule has 3 rings (SSSR count). The zero-order chi connectivity index (χ0) is 29.9. The minimum Gasteiger partial charge on any atom is -0.487 e. The lowest BCUT2D eigenvalue weighted by molar-refractivity contribution is -0.401. The summed E-state index contributed by atoms with van der Waals surface area (Å²) in [4.78, 5) is 2.51. The summed E-state index contributed by atoms with van der Waals surface area (Å²) in [6.07, 6.45) is -8.88. The molecule has 0 N–H and O–H groups in total. The SMILES string of the molecule is C[Si](C)(C)CCOCOC(c1ncc(C(Br)c2ccc(OC(F)F)c(OC3CCC3)c2)s1)(C(F)(F)F)C(F)(F)F. The second-order valence-electron chi connectivity index (χ2n) is 10.3. The highest BCUT2D eigenvalue weighted by molar-refractivity contribution is 9.09. The van der Waals surface area contributed by atoms with Gasteiger partial charge in [0.05, 0.1) is 10.9 Å². The molecule has 1 fully saturated rings. The maximum Gasteiger partial charge on any atom is 0.433 e. The van der Waals surface area contributed by atoms with Gasteiger partial charge in [-0.25, -0.2) is 4.98 Å². The van der Waals surface area contributed by atoms with E-state index < -0.39 is 49.3 Å². The van der Waals surface area contributed by atoms with Crippen LogP contribution in [0.5, 0.6) is 11.5 Å². The molecule has 1 saturated carbocycles. The van der Waals surface area contributed by atoms with Gasteiger partial charge in [0.25, 0.3) is 0 Å². The number of benzene rings is 1. The summed E-state index contributed by atoms with van der Waals surface area (Å²) >= 11 is 3.43. The van der Waals surface area contributed by atoms with Crippen molar-refractivity contribution in [2.45, 2.75) is 80.4 Å². The summed E-state index contributed by atoms with van der Waals surface area (Å²) < 4.78 is 130. The van der Waals surface area contributed by atoms with Gasteiger partial charge in [-0.05, 0) is 43.0 Å². The molecule has 1 aliphatic rings. The first-order valence-electron chi connectivity index (χ1n) is 12.2. The van der Waals surface area contributed by atoms with Gasteiger partial charge in [0.2, 0.25) is 0 Å². The quantitative estimate of drug-likeness (QED) is 0.0694. The van der Waals surface area contributed by atoms with Crippen molar-refractivity contribution in [1.82, 2.24) is 4.98 Å². The fourth-order valence-electron chi connectivity index (χ4n) is 3.56. The maximum atomic E-state index is 14.1. The van der Waals surface area contributed by atoms with Gasteiger partial charge in [0, 0.05) is 25.8 Å². The summed E-state index contributed by atoms with van der Waals surface area (Å²) in [5.41, 5.74) is -4.41. The van der Waals surface area contributed by atoms with E-state index in [1.165, 1.54) is 18.2 Å². The van der Waals surface area contributed by atoms with Crippen molar-refractivity contribution < 1.29 is 54.1 Å². The molecule has 1 heterocycles. The van der Waals surface area contributed by atoms with Crippen molar-refractivity contribution in [3.8, 4) is 11.5 Å². The second kappa shape index (κ2) is 12.8. The number of alkyl halides is 9. The first kappa shape index (κ1) is 33.0. The third kappa shape index (κ3) is 7.86. The Kier molecular flexibility index (Phi) is 10.6. The lowest BCUT2D eigenvalue weighted by Gasteiger charge is -2.35. The van der Waals surface area contributed by atoms with Crippen LogP contribution in [-0.4, -0.2) is 51.5 Å². The Balaban J connectivity index is 1.90. The van der Waals surface area contributed by atoms with Crippen LogP contribution in [0.3, 0.4) is 0 Å². The van der Waals surface area contributed by atoms with E-state index in [0.717, 1.165) is 12.6 Å². The fourth-order valence-corrected chi connectivity index (χ4v) is 6.11. The van der Waals surface area contributed by atoms with Crippen molar-refractivity contribution in [1.29, 1.82) is 0 Å². The predicted octanol–water partition coefficient (Wildman–Crippen LogP) is 8.81. The van der Waals surface area contributed by atoms with E-state index in [1.54, 1.807) is 0 Å². The first-order chi connectivity index (χ1) is 18.4. The summed E-state index contributed by atoms with van der Waals surface area (Å²) in [5, 5.41) is -1.37. The van der Waals surface area contributed by atoms with Gasteiger partial charge >= 0.3 is 24.6 Å². The Morgan fingerprint density at radius 1 is 1.05 bits per heavy atom. The molecule has 1 aliphatic carbocycles. The van der Waals surface area contributed by atoms with E-state index in [1.807, 2.05) is 19.6 Å². The lowest BCUT2D eigenvalue weighted by atomic mass is 9.96. The van der Waals surface area contributed by atoms with Gasteiger partial charge in [0.15, 0.2) is 11.5 Å². The van der Waals surface area contributed by atoms with Crippen molar-refractivity contribution >= 4 is 35.3 Å². The smallest absolute Gasteiger partial charge is 0.433 e. The number of halogens is 9. The lowest BCUT2D eigenvalue weighted by Crippen LogP contribution is -2.56. The largest absolute Gasteiger partial charge is 0.487 e. The van der Waals surface area contributed by atoms with Gasteiger partial charge in [-0.3, -0.25) is 0 Å². The Morgan fingerprint density at radius 2 is 1.70 bits per heavy atom. The molecule has 226 valence electrons. The highest BCUT2D eigenvalue weighted by Gasteiger charge is 2.75. The molecule has 1 aromatic carbocycles. The zero-order valence-electron chi connectivity index (χ0n) is 21.7. The molecule has 0 saturated heterocycles. The van der Waals surface area contributed by atoms with E-state index in [9.17, 15) is 35.1 Å². The third-order valence-electron chi connectivity index (χ3n) is 6.05. The standard InChI is InChI=1S/C24H28BrF8NO4SSi/c1-40(2,3)10-9-35-13-36-22(23(28,29)30,24(31,32)33)20-34-12-18(39-20)19(25)14-7-8-16(38-21(26)27)17(11-14)37-15-5-4-6-15/h7-8,11-12,15,19,21H,4-6,9-10,13H2,1-3H3. The molecule has 16 heteroatoms. The van der Waals surface area contributed by atoms with Crippen molar-refractivity contribution in [3.63, 3.8) is 0 Å².